The van der Waals surface area contributed by atoms with Crippen molar-refractivity contribution in [3.63, 3.8) is 0 Å². The zero-order valence-corrected chi connectivity index (χ0v) is 31.5. The van der Waals surface area contributed by atoms with Crippen LogP contribution in [0.3, 0.4) is 0 Å². The van der Waals surface area contributed by atoms with Crippen molar-refractivity contribution in [1.29, 1.82) is 0 Å². The van der Waals surface area contributed by atoms with Crippen molar-refractivity contribution in [2.24, 2.45) is 0 Å². The van der Waals surface area contributed by atoms with Gasteiger partial charge in [0.05, 0.1) is 0 Å². The standard InChI is InChI=1S/C56H38O/c1-3-15-41(16-4-1)35-37-55(51-23-11-7-19-43(51)39-44-20-8-12-24-52(44)55)47-27-31-49(32-28-47)57-50-33-29-48(30-34-50)56(38-36-42-17-5-2-6-18-42)53-25-13-9-21-45(53)40-46-22-10-14-26-54(46)56/h1-34H,39-40H2. The molecule has 0 aromatic heterocycles. The molecule has 268 valence electrons. The van der Waals surface area contributed by atoms with E-state index in [1.807, 2.05) is 36.4 Å². The molecular weight excluding hydrogens is 689 g/mol. The molecule has 2 aliphatic rings. The first-order chi connectivity index (χ1) is 28.2. The Labute approximate surface area is 335 Å². The Morgan fingerprint density at radius 3 is 0.947 bits per heavy atom. The molecule has 0 N–H and O–H groups in total. The molecule has 8 aromatic carbocycles. The van der Waals surface area contributed by atoms with Crippen LogP contribution in [0.2, 0.25) is 0 Å². The predicted molar refractivity (Wildman–Crippen MR) is 231 cm³/mol. The van der Waals surface area contributed by atoms with Crippen LogP contribution < -0.4 is 4.74 Å². The quantitative estimate of drug-likeness (QED) is 0.164. The molecule has 0 amide bonds. The van der Waals surface area contributed by atoms with Gasteiger partial charge in [-0.1, -0.05) is 181 Å². The van der Waals surface area contributed by atoms with Crippen molar-refractivity contribution < 1.29 is 4.74 Å². The van der Waals surface area contributed by atoms with Crippen LogP contribution >= 0.6 is 0 Å². The Bertz CT molecular complexity index is 2570. The minimum absolute atomic E-state index is 0.650. The highest BCUT2D eigenvalue weighted by atomic mass is 16.5. The minimum atomic E-state index is -0.650. The van der Waals surface area contributed by atoms with Crippen LogP contribution in [0.25, 0.3) is 0 Å². The summed E-state index contributed by atoms with van der Waals surface area (Å²) in [5.41, 5.74) is 13.0. The van der Waals surface area contributed by atoms with Gasteiger partial charge in [0.2, 0.25) is 0 Å². The van der Waals surface area contributed by atoms with Gasteiger partial charge in [0.15, 0.2) is 0 Å². The number of rotatable bonds is 4. The number of hydrogen-bond donors (Lipinski definition) is 0. The van der Waals surface area contributed by atoms with E-state index in [1.54, 1.807) is 0 Å². The third kappa shape index (κ3) is 6.03. The van der Waals surface area contributed by atoms with Crippen LogP contribution in [0, 0.1) is 23.7 Å². The Morgan fingerprint density at radius 1 is 0.316 bits per heavy atom. The van der Waals surface area contributed by atoms with E-state index < -0.39 is 10.8 Å². The van der Waals surface area contributed by atoms with Crippen LogP contribution in [0.1, 0.15) is 66.8 Å². The zero-order chi connectivity index (χ0) is 38.1. The van der Waals surface area contributed by atoms with Gasteiger partial charge in [-0.15, -0.1) is 0 Å². The molecule has 0 fully saturated rings. The summed E-state index contributed by atoms with van der Waals surface area (Å²) in [6, 6.07) is 72.6. The number of benzene rings is 8. The smallest absolute Gasteiger partial charge is 0.127 e. The van der Waals surface area contributed by atoms with Gasteiger partial charge < -0.3 is 4.74 Å². The van der Waals surface area contributed by atoms with E-state index in [9.17, 15) is 0 Å². The largest absolute Gasteiger partial charge is 0.457 e. The Hall–Kier alpha value is -7.32. The minimum Gasteiger partial charge on any atom is -0.457 e. The lowest BCUT2D eigenvalue weighted by atomic mass is 9.63. The molecule has 0 heterocycles. The van der Waals surface area contributed by atoms with Crippen molar-refractivity contribution >= 4 is 0 Å². The van der Waals surface area contributed by atoms with E-state index in [0.29, 0.717) is 0 Å². The van der Waals surface area contributed by atoms with Crippen LogP contribution in [0.5, 0.6) is 11.5 Å². The Balaban J connectivity index is 1.03. The van der Waals surface area contributed by atoms with Crippen LogP contribution in [-0.4, -0.2) is 0 Å². The third-order valence-electron chi connectivity index (χ3n) is 11.6. The van der Waals surface area contributed by atoms with E-state index in [4.69, 9.17) is 4.74 Å². The van der Waals surface area contributed by atoms with Gasteiger partial charge in [0.1, 0.15) is 22.3 Å². The highest BCUT2D eigenvalue weighted by molar-refractivity contribution is 5.68. The first kappa shape index (κ1) is 34.2. The van der Waals surface area contributed by atoms with Gasteiger partial charge in [0, 0.05) is 11.1 Å². The molecule has 10 rings (SSSR count). The molecule has 57 heavy (non-hydrogen) atoms. The number of hydrogen-bond acceptors (Lipinski definition) is 1. The molecule has 0 bridgehead atoms. The average molecular weight is 727 g/mol. The maximum Gasteiger partial charge on any atom is 0.127 e. The van der Waals surface area contributed by atoms with E-state index in [0.717, 1.165) is 46.6 Å². The lowest BCUT2D eigenvalue weighted by Gasteiger charge is -2.38. The average Bonchev–Trinajstić information content (AvgIpc) is 3.28. The number of ether oxygens (including phenoxy) is 1. The van der Waals surface area contributed by atoms with Gasteiger partial charge in [-0.05, 0) is 117 Å². The fourth-order valence-corrected chi connectivity index (χ4v) is 8.95. The van der Waals surface area contributed by atoms with Gasteiger partial charge >= 0.3 is 0 Å². The summed E-state index contributed by atoms with van der Waals surface area (Å²) in [5.74, 6) is 16.3. The topological polar surface area (TPSA) is 9.23 Å². The summed E-state index contributed by atoms with van der Waals surface area (Å²) in [6.45, 7) is 0. The van der Waals surface area contributed by atoms with Crippen molar-refractivity contribution in [2.75, 3.05) is 0 Å². The number of fused-ring (bicyclic) bond motifs is 4. The highest BCUT2D eigenvalue weighted by Gasteiger charge is 2.42. The van der Waals surface area contributed by atoms with Gasteiger partial charge in [-0.2, -0.15) is 0 Å². The van der Waals surface area contributed by atoms with E-state index >= 15 is 0 Å². The van der Waals surface area contributed by atoms with Crippen molar-refractivity contribution in [3.05, 3.63) is 273 Å². The van der Waals surface area contributed by atoms with Crippen molar-refractivity contribution in [3.8, 4) is 35.2 Å². The second kappa shape index (κ2) is 14.4. The Morgan fingerprint density at radius 2 is 0.614 bits per heavy atom. The predicted octanol–water partition coefficient (Wildman–Crippen LogP) is 12.1. The van der Waals surface area contributed by atoms with Crippen molar-refractivity contribution in [1.82, 2.24) is 0 Å². The van der Waals surface area contributed by atoms with Crippen molar-refractivity contribution in [2.45, 2.75) is 23.7 Å². The molecule has 0 saturated carbocycles. The first-order valence-electron chi connectivity index (χ1n) is 19.6. The molecule has 0 unspecified atom stereocenters. The lowest BCUT2D eigenvalue weighted by molar-refractivity contribution is 0.482. The molecule has 0 saturated heterocycles. The van der Waals surface area contributed by atoms with Gasteiger partial charge in [-0.25, -0.2) is 0 Å². The second-order valence-electron chi connectivity index (χ2n) is 14.9. The van der Waals surface area contributed by atoms with E-state index in [1.165, 1.54) is 44.5 Å². The van der Waals surface area contributed by atoms with Gasteiger partial charge in [0.25, 0.3) is 0 Å². The van der Waals surface area contributed by atoms with Crippen LogP contribution in [-0.2, 0) is 23.7 Å². The van der Waals surface area contributed by atoms with Crippen LogP contribution in [0.4, 0.5) is 0 Å². The highest BCUT2D eigenvalue weighted by Crippen LogP contribution is 2.48. The maximum atomic E-state index is 6.59. The summed E-state index contributed by atoms with van der Waals surface area (Å²) in [6.07, 6.45) is 1.77. The third-order valence-corrected chi connectivity index (χ3v) is 11.6. The zero-order valence-electron chi connectivity index (χ0n) is 31.5. The maximum absolute atomic E-state index is 6.59. The monoisotopic (exact) mass is 726 g/mol. The molecule has 8 aromatic rings. The molecule has 1 heteroatoms. The van der Waals surface area contributed by atoms with E-state index in [2.05, 4.69) is 194 Å². The lowest BCUT2D eigenvalue weighted by Crippen LogP contribution is -2.33. The Kier molecular flexibility index (Phi) is 8.63. The molecule has 0 aliphatic heterocycles. The van der Waals surface area contributed by atoms with Gasteiger partial charge in [-0.3, -0.25) is 0 Å². The molecular formula is C56H38O. The molecule has 1 nitrogen and oxygen atoms in total. The first-order valence-corrected chi connectivity index (χ1v) is 19.6. The van der Waals surface area contributed by atoms with Crippen LogP contribution in [0.15, 0.2) is 206 Å². The fourth-order valence-electron chi connectivity index (χ4n) is 8.95. The molecule has 0 spiro atoms. The SMILES string of the molecule is C(#CC1(c2ccc(Oc3ccc(C4(C#Cc5ccccc5)c5ccccc5Cc5ccccc54)cc3)cc2)c2ccccc2Cc2ccccc21)c1ccccc1. The summed E-state index contributed by atoms with van der Waals surface area (Å²) >= 11 is 0. The molecule has 0 atom stereocenters. The summed E-state index contributed by atoms with van der Waals surface area (Å²) in [4.78, 5) is 0. The molecule has 2 aliphatic carbocycles. The fraction of sp³-hybridized carbons (Fsp3) is 0.0714. The summed E-state index contributed by atoms with van der Waals surface area (Å²) in [5, 5.41) is 0. The summed E-state index contributed by atoms with van der Waals surface area (Å²) in [7, 11) is 0. The second-order valence-corrected chi connectivity index (χ2v) is 14.9. The summed E-state index contributed by atoms with van der Waals surface area (Å²) < 4.78 is 6.59. The normalized spacial score (nSPS) is 13.8. The van der Waals surface area contributed by atoms with E-state index in [-0.39, 0.29) is 0 Å². The molecule has 0 radical (unpaired) electrons.